The minimum Gasteiger partial charge on any atom is -0.349 e. The van der Waals surface area contributed by atoms with Crippen LogP contribution in [0.2, 0.25) is 0 Å². The lowest BCUT2D eigenvalue weighted by Crippen LogP contribution is -2.34. The van der Waals surface area contributed by atoms with E-state index >= 15 is 0 Å². The van der Waals surface area contributed by atoms with Gasteiger partial charge in [-0.1, -0.05) is 56.0 Å². The number of hydrogen-bond acceptors (Lipinski definition) is 1. The summed E-state index contributed by atoms with van der Waals surface area (Å²) in [5, 5.41) is 4.46. The van der Waals surface area contributed by atoms with Gasteiger partial charge in [-0.15, -0.1) is 0 Å². The summed E-state index contributed by atoms with van der Waals surface area (Å²) in [4.78, 5) is 12.8. The molecule has 1 aliphatic rings. The van der Waals surface area contributed by atoms with Crippen molar-refractivity contribution in [2.24, 2.45) is 0 Å². The van der Waals surface area contributed by atoms with Gasteiger partial charge in [0.25, 0.3) is 5.91 Å². The van der Waals surface area contributed by atoms with Gasteiger partial charge in [0.1, 0.15) is 0 Å². The number of fused-ring (bicyclic) bond motifs is 1. The summed E-state index contributed by atoms with van der Waals surface area (Å²) in [7, 11) is 0. The second-order valence-electron chi connectivity index (χ2n) is 8.18. The standard InChI is InChI=1S/C25H30N2O/c1-18-19(2)27(17-20-10-6-5-7-11-20)24-15-14-21(16-23(18)24)25(28)26-22-12-8-3-4-9-13-22/h5-7,10-11,14-16,22H,3-4,8-9,12-13,17H2,1-2H3,(H,26,28). The number of nitrogens with zero attached hydrogens (tertiary/aromatic N) is 1. The second-order valence-corrected chi connectivity index (χ2v) is 8.18. The molecule has 2 aromatic carbocycles. The maximum Gasteiger partial charge on any atom is 0.251 e. The molecule has 3 heteroatoms. The zero-order valence-corrected chi connectivity index (χ0v) is 17.0. The van der Waals surface area contributed by atoms with E-state index in [-0.39, 0.29) is 5.91 Å². The van der Waals surface area contributed by atoms with Crippen LogP contribution in [0.15, 0.2) is 48.5 Å². The summed E-state index contributed by atoms with van der Waals surface area (Å²) >= 11 is 0. The number of carbonyl (C=O) groups is 1. The summed E-state index contributed by atoms with van der Waals surface area (Å²) < 4.78 is 2.35. The van der Waals surface area contributed by atoms with Crippen molar-refractivity contribution in [3.8, 4) is 0 Å². The lowest BCUT2D eigenvalue weighted by atomic mass is 10.1. The average Bonchev–Trinajstić information content (AvgIpc) is 2.90. The molecular formula is C25H30N2O. The van der Waals surface area contributed by atoms with Gasteiger partial charge in [-0.25, -0.2) is 0 Å². The van der Waals surface area contributed by atoms with Gasteiger partial charge < -0.3 is 9.88 Å². The van der Waals surface area contributed by atoms with Gasteiger partial charge in [0.05, 0.1) is 0 Å². The minimum atomic E-state index is 0.0710. The molecule has 0 saturated heterocycles. The number of aromatic nitrogens is 1. The van der Waals surface area contributed by atoms with Gasteiger partial charge in [0.2, 0.25) is 0 Å². The van der Waals surface area contributed by atoms with Crippen molar-refractivity contribution in [3.63, 3.8) is 0 Å². The monoisotopic (exact) mass is 374 g/mol. The number of carbonyl (C=O) groups excluding carboxylic acids is 1. The van der Waals surface area contributed by atoms with E-state index in [9.17, 15) is 4.79 Å². The van der Waals surface area contributed by atoms with Crippen LogP contribution in [-0.4, -0.2) is 16.5 Å². The van der Waals surface area contributed by atoms with E-state index in [1.807, 2.05) is 6.07 Å². The first-order valence-electron chi connectivity index (χ1n) is 10.6. The van der Waals surface area contributed by atoms with Crippen LogP contribution in [0.4, 0.5) is 0 Å². The van der Waals surface area contributed by atoms with Crippen LogP contribution in [-0.2, 0) is 6.54 Å². The number of nitrogens with one attached hydrogen (secondary N) is 1. The van der Waals surface area contributed by atoms with Crippen LogP contribution in [0.3, 0.4) is 0 Å². The first-order valence-corrected chi connectivity index (χ1v) is 10.6. The van der Waals surface area contributed by atoms with Crippen LogP contribution in [0.5, 0.6) is 0 Å². The molecule has 0 spiro atoms. The predicted octanol–water partition coefficient (Wildman–Crippen LogP) is 5.76. The smallest absolute Gasteiger partial charge is 0.251 e. The van der Waals surface area contributed by atoms with Crippen molar-refractivity contribution in [1.82, 2.24) is 9.88 Å². The van der Waals surface area contributed by atoms with E-state index in [1.165, 1.54) is 53.4 Å². The summed E-state index contributed by atoms with van der Waals surface area (Å²) in [6.45, 7) is 5.18. The Morgan fingerprint density at radius 2 is 1.71 bits per heavy atom. The molecule has 0 radical (unpaired) electrons. The third-order valence-electron chi connectivity index (χ3n) is 6.28. The molecule has 0 aliphatic heterocycles. The maximum atomic E-state index is 12.8. The molecule has 1 heterocycles. The van der Waals surface area contributed by atoms with Crippen molar-refractivity contribution < 1.29 is 4.79 Å². The molecule has 146 valence electrons. The number of hydrogen-bond donors (Lipinski definition) is 1. The second kappa shape index (κ2) is 8.22. The Hall–Kier alpha value is -2.55. The predicted molar refractivity (Wildman–Crippen MR) is 116 cm³/mol. The lowest BCUT2D eigenvalue weighted by Gasteiger charge is -2.16. The molecule has 3 aromatic rings. The quantitative estimate of drug-likeness (QED) is 0.579. The molecule has 1 aromatic heterocycles. The average molecular weight is 375 g/mol. The van der Waals surface area contributed by atoms with E-state index < -0.39 is 0 Å². The highest BCUT2D eigenvalue weighted by Gasteiger charge is 2.18. The number of aryl methyl sites for hydroxylation is 1. The minimum absolute atomic E-state index is 0.0710. The normalized spacial score (nSPS) is 15.5. The van der Waals surface area contributed by atoms with Gasteiger partial charge in [-0.3, -0.25) is 4.79 Å². The van der Waals surface area contributed by atoms with Gasteiger partial charge in [-0.05, 0) is 56.0 Å². The molecule has 1 saturated carbocycles. The molecule has 1 N–H and O–H groups in total. The Morgan fingerprint density at radius 1 is 1.00 bits per heavy atom. The lowest BCUT2D eigenvalue weighted by molar-refractivity contribution is 0.0933. The number of rotatable bonds is 4. The van der Waals surface area contributed by atoms with Gasteiger partial charge in [-0.2, -0.15) is 0 Å². The van der Waals surface area contributed by atoms with Crippen molar-refractivity contribution >= 4 is 16.8 Å². The van der Waals surface area contributed by atoms with Crippen LogP contribution >= 0.6 is 0 Å². The molecule has 1 fully saturated rings. The first-order chi connectivity index (χ1) is 13.6. The Kier molecular flexibility index (Phi) is 5.52. The van der Waals surface area contributed by atoms with E-state index in [0.717, 1.165) is 24.9 Å². The Bertz CT molecular complexity index is 963. The summed E-state index contributed by atoms with van der Waals surface area (Å²) in [5.74, 6) is 0.0710. The molecular weight excluding hydrogens is 344 g/mol. The molecule has 28 heavy (non-hydrogen) atoms. The Morgan fingerprint density at radius 3 is 2.43 bits per heavy atom. The summed E-state index contributed by atoms with van der Waals surface area (Å²) in [6, 6.07) is 17.0. The van der Waals surface area contributed by atoms with Crippen molar-refractivity contribution in [1.29, 1.82) is 0 Å². The molecule has 3 nitrogen and oxygen atoms in total. The van der Waals surface area contributed by atoms with Crippen LogP contribution < -0.4 is 5.32 Å². The molecule has 1 aliphatic carbocycles. The van der Waals surface area contributed by atoms with Gasteiger partial charge in [0, 0.05) is 34.7 Å². The first kappa shape index (κ1) is 18.8. The van der Waals surface area contributed by atoms with E-state index in [2.05, 4.69) is 66.2 Å². The SMILES string of the molecule is Cc1c(C)n(Cc2ccccc2)c2ccc(C(=O)NC3CCCCCC3)cc12. The van der Waals surface area contributed by atoms with Gasteiger partial charge in [0.15, 0.2) is 0 Å². The topological polar surface area (TPSA) is 34.0 Å². The molecule has 4 rings (SSSR count). The van der Waals surface area contributed by atoms with Crippen molar-refractivity contribution in [3.05, 3.63) is 70.9 Å². The molecule has 0 unspecified atom stereocenters. The zero-order chi connectivity index (χ0) is 19.5. The highest BCUT2D eigenvalue weighted by molar-refractivity contribution is 5.99. The number of benzene rings is 2. The number of amides is 1. The fraction of sp³-hybridized carbons (Fsp3) is 0.400. The summed E-state index contributed by atoms with van der Waals surface area (Å²) in [5.41, 5.74) is 5.79. The van der Waals surface area contributed by atoms with Crippen LogP contribution in [0.25, 0.3) is 10.9 Å². The summed E-state index contributed by atoms with van der Waals surface area (Å²) in [6.07, 6.45) is 7.27. The fourth-order valence-corrected chi connectivity index (χ4v) is 4.45. The Balaban J connectivity index is 1.60. The van der Waals surface area contributed by atoms with E-state index in [4.69, 9.17) is 0 Å². The van der Waals surface area contributed by atoms with Crippen molar-refractivity contribution in [2.45, 2.75) is 65.0 Å². The maximum absolute atomic E-state index is 12.8. The van der Waals surface area contributed by atoms with Crippen LogP contribution in [0, 0.1) is 13.8 Å². The van der Waals surface area contributed by atoms with Crippen molar-refractivity contribution in [2.75, 3.05) is 0 Å². The highest BCUT2D eigenvalue weighted by Crippen LogP contribution is 2.27. The molecule has 0 atom stereocenters. The van der Waals surface area contributed by atoms with Gasteiger partial charge >= 0.3 is 0 Å². The third kappa shape index (κ3) is 3.84. The molecule has 0 bridgehead atoms. The third-order valence-corrected chi connectivity index (χ3v) is 6.28. The largest absolute Gasteiger partial charge is 0.349 e. The highest BCUT2D eigenvalue weighted by atomic mass is 16.1. The Labute approximate surface area is 167 Å². The zero-order valence-electron chi connectivity index (χ0n) is 17.0. The fourth-order valence-electron chi connectivity index (χ4n) is 4.45. The van der Waals surface area contributed by atoms with E-state index in [1.54, 1.807) is 0 Å². The van der Waals surface area contributed by atoms with E-state index in [0.29, 0.717) is 6.04 Å². The van der Waals surface area contributed by atoms with Crippen LogP contribution in [0.1, 0.15) is 65.7 Å². The molecule has 1 amide bonds.